The van der Waals surface area contributed by atoms with Crippen LogP contribution in [-0.4, -0.2) is 50.8 Å². The SMILES string of the molecule is COCCNC(=O)C1=C[C@H](C2CC2)C[C@H](OCCCCO)O1. The van der Waals surface area contributed by atoms with E-state index in [1.165, 1.54) is 12.8 Å². The first-order valence-corrected chi connectivity index (χ1v) is 8.12. The fourth-order valence-corrected chi connectivity index (χ4v) is 2.58. The van der Waals surface area contributed by atoms with Gasteiger partial charge in [-0.05, 0) is 43.6 Å². The fraction of sp³-hybridized carbons (Fsp3) is 0.812. The monoisotopic (exact) mass is 313 g/mol. The number of unbranched alkanes of at least 4 members (excludes halogenated alkanes) is 1. The molecule has 0 radical (unpaired) electrons. The lowest BCUT2D eigenvalue weighted by Gasteiger charge is -2.29. The number of hydrogen-bond donors (Lipinski definition) is 2. The molecule has 0 bridgehead atoms. The van der Waals surface area contributed by atoms with E-state index in [0.29, 0.717) is 37.4 Å². The Bertz CT molecular complexity index is 381. The van der Waals surface area contributed by atoms with Crippen molar-refractivity contribution in [1.82, 2.24) is 5.32 Å². The van der Waals surface area contributed by atoms with E-state index >= 15 is 0 Å². The molecule has 1 heterocycles. The van der Waals surface area contributed by atoms with Crippen LogP contribution in [0.2, 0.25) is 0 Å². The van der Waals surface area contributed by atoms with Crippen LogP contribution in [0.15, 0.2) is 11.8 Å². The molecule has 1 saturated carbocycles. The van der Waals surface area contributed by atoms with E-state index in [1.807, 2.05) is 6.08 Å². The summed E-state index contributed by atoms with van der Waals surface area (Å²) in [5.74, 6) is 1.19. The largest absolute Gasteiger partial charge is 0.459 e. The summed E-state index contributed by atoms with van der Waals surface area (Å²) in [5, 5.41) is 11.6. The smallest absolute Gasteiger partial charge is 0.286 e. The van der Waals surface area contributed by atoms with E-state index in [2.05, 4.69) is 5.32 Å². The standard InChI is InChI=1S/C16H27NO5/c1-20-9-6-17-16(19)14-10-13(12-4-5-12)11-15(22-14)21-8-3-2-7-18/h10,12-13,15,18H,2-9,11H2,1H3,(H,17,19)/t13-,15+/m0/s1. The van der Waals surface area contributed by atoms with Gasteiger partial charge in [0, 0.05) is 26.7 Å². The topological polar surface area (TPSA) is 77.0 Å². The van der Waals surface area contributed by atoms with Crippen molar-refractivity contribution in [1.29, 1.82) is 0 Å². The average Bonchev–Trinajstić information content (AvgIpc) is 3.36. The number of aliphatic hydroxyl groups is 1. The Hall–Kier alpha value is -1.11. The summed E-state index contributed by atoms with van der Waals surface area (Å²) in [7, 11) is 1.60. The van der Waals surface area contributed by atoms with Crippen molar-refractivity contribution < 1.29 is 24.1 Å². The summed E-state index contributed by atoms with van der Waals surface area (Å²) in [5.41, 5.74) is 0. The quantitative estimate of drug-likeness (QED) is 0.593. The van der Waals surface area contributed by atoms with Gasteiger partial charge in [-0.25, -0.2) is 0 Å². The third-order valence-corrected chi connectivity index (χ3v) is 3.99. The molecule has 2 aliphatic rings. The van der Waals surface area contributed by atoms with Gasteiger partial charge in [-0.2, -0.15) is 0 Å². The van der Waals surface area contributed by atoms with Gasteiger partial charge in [0.25, 0.3) is 5.91 Å². The summed E-state index contributed by atoms with van der Waals surface area (Å²) >= 11 is 0. The minimum atomic E-state index is -0.363. The minimum absolute atomic E-state index is 0.173. The summed E-state index contributed by atoms with van der Waals surface area (Å²) in [6, 6.07) is 0. The average molecular weight is 313 g/mol. The molecule has 2 N–H and O–H groups in total. The Morgan fingerprint density at radius 2 is 2.23 bits per heavy atom. The Balaban J connectivity index is 1.85. The number of ether oxygens (including phenoxy) is 3. The molecule has 0 aromatic rings. The van der Waals surface area contributed by atoms with Crippen molar-refractivity contribution in [2.75, 3.05) is 33.5 Å². The zero-order valence-electron chi connectivity index (χ0n) is 13.3. The number of carbonyl (C=O) groups is 1. The van der Waals surface area contributed by atoms with Gasteiger partial charge in [0.15, 0.2) is 5.76 Å². The lowest BCUT2D eigenvalue weighted by molar-refractivity contribution is -0.150. The Kier molecular flexibility index (Phi) is 7.15. The van der Waals surface area contributed by atoms with Gasteiger partial charge in [0.1, 0.15) is 0 Å². The second-order valence-electron chi connectivity index (χ2n) is 5.87. The summed E-state index contributed by atoms with van der Waals surface area (Å²) in [4.78, 5) is 12.1. The van der Waals surface area contributed by atoms with Crippen LogP contribution in [0.3, 0.4) is 0 Å². The first-order valence-electron chi connectivity index (χ1n) is 8.12. The van der Waals surface area contributed by atoms with Crippen LogP contribution >= 0.6 is 0 Å². The highest BCUT2D eigenvalue weighted by molar-refractivity contribution is 5.91. The van der Waals surface area contributed by atoms with E-state index < -0.39 is 0 Å². The molecule has 2 rings (SSSR count). The molecule has 0 saturated heterocycles. The zero-order valence-corrected chi connectivity index (χ0v) is 13.3. The predicted molar refractivity (Wildman–Crippen MR) is 80.9 cm³/mol. The van der Waals surface area contributed by atoms with Gasteiger partial charge in [0.05, 0.1) is 13.2 Å². The molecular weight excluding hydrogens is 286 g/mol. The highest BCUT2D eigenvalue weighted by atomic mass is 16.7. The van der Waals surface area contributed by atoms with E-state index in [4.69, 9.17) is 19.3 Å². The molecule has 6 heteroatoms. The first kappa shape index (κ1) is 17.2. The Morgan fingerprint density at radius 3 is 2.91 bits per heavy atom. The molecule has 2 atom stereocenters. The van der Waals surface area contributed by atoms with Gasteiger partial charge < -0.3 is 24.6 Å². The lowest BCUT2D eigenvalue weighted by Crippen LogP contribution is -2.35. The number of amides is 1. The molecule has 1 amide bonds. The predicted octanol–water partition coefficient (Wildman–Crippen LogP) is 1.19. The number of methoxy groups -OCH3 is 1. The highest BCUT2D eigenvalue weighted by Crippen LogP contribution is 2.42. The maximum atomic E-state index is 12.1. The maximum absolute atomic E-state index is 12.1. The number of aliphatic hydroxyl groups excluding tert-OH is 1. The molecular formula is C16H27NO5. The number of rotatable bonds is 10. The molecule has 0 spiro atoms. The minimum Gasteiger partial charge on any atom is -0.459 e. The maximum Gasteiger partial charge on any atom is 0.286 e. The molecule has 126 valence electrons. The van der Waals surface area contributed by atoms with Gasteiger partial charge >= 0.3 is 0 Å². The van der Waals surface area contributed by atoms with Crippen molar-refractivity contribution >= 4 is 5.91 Å². The molecule has 6 nitrogen and oxygen atoms in total. The van der Waals surface area contributed by atoms with Crippen LogP contribution < -0.4 is 5.32 Å². The number of nitrogens with one attached hydrogen (secondary N) is 1. The van der Waals surface area contributed by atoms with Crippen LogP contribution in [0.25, 0.3) is 0 Å². The molecule has 1 aliphatic carbocycles. The first-order chi connectivity index (χ1) is 10.7. The fourth-order valence-electron chi connectivity index (χ4n) is 2.58. The number of carbonyl (C=O) groups excluding carboxylic acids is 1. The zero-order chi connectivity index (χ0) is 15.8. The molecule has 22 heavy (non-hydrogen) atoms. The summed E-state index contributed by atoms with van der Waals surface area (Å²) in [6.45, 7) is 1.66. The molecule has 0 unspecified atom stereocenters. The molecule has 0 aromatic carbocycles. The van der Waals surface area contributed by atoms with Crippen molar-refractivity contribution in [3.8, 4) is 0 Å². The van der Waals surface area contributed by atoms with Crippen LogP contribution in [0, 0.1) is 11.8 Å². The van der Waals surface area contributed by atoms with Crippen LogP contribution in [0.4, 0.5) is 0 Å². The summed E-state index contributed by atoms with van der Waals surface area (Å²) in [6.07, 6.45) is 6.35. The summed E-state index contributed by atoms with van der Waals surface area (Å²) < 4.78 is 16.3. The Morgan fingerprint density at radius 1 is 1.41 bits per heavy atom. The van der Waals surface area contributed by atoms with Crippen molar-refractivity contribution in [3.05, 3.63) is 11.8 Å². The van der Waals surface area contributed by atoms with Gasteiger partial charge in [-0.15, -0.1) is 0 Å². The van der Waals surface area contributed by atoms with Crippen molar-refractivity contribution in [2.45, 2.75) is 38.4 Å². The third kappa shape index (κ3) is 5.59. The normalized spacial score (nSPS) is 24.5. The lowest BCUT2D eigenvalue weighted by atomic mass is 9.96. The van der Waals surface area contributed by atoms with E-state index in [0.717, 1.165) is 19.3 Å². The van der Waals surface area contributed by atoms with Gasteiger partial charge in [-0.1, -0.05) is 0 Å². The van der Waals surface area contributed by atoms with E-state index in [9.17, 15) is 4.79 Å². The second kappa shape index (κ2) is 9.12. The second-order valence-corrected chi connectivity index (χ2v) is 5.87. The van der Waals surface area contributed by atoms with E-state index in [-0.39, 0.29) is 18.8 Å². The molecule has 0 aromatic heterocycles. The van der Waals surface area contributed by atoms with Crippen molar-refractivity contribution in [3.63, 3.8) is 0 Å². The third-order valence-electron chi connectivity index (χ3n) is 3.99. The Labute approximate surface area is 131 Å². The van der Waals surface area contributed by atoms with E-state index in [1.54, 1.807) is 7.11 Å². The van der Waals surface area contributed by atoms with Gasteiger partial charge in [0.2, 0.25) is 6.29 Å². The molecule has 1 aliphatic heterocycles. The van der Waals surface area contributed by atoms with Crippen molar-refractivity contribution in [2.24, 2.45) is 11.8 Å². The van der Waals surface area contributed by atoms with Crippen LogP contribution in [-0.2, 0) is 19.0 Å². The number of allylic oxidation sites excluding steroid dienone is 1. The van der Waals surface area contributed by atoms with Crippen LogP contribution in [0.5, 0.6) is 0 Å². The van der Waals surface area contributed by atoms with Gasteiger partial charge in [-0.3, -0.25) is 4.79 Å². The number of hydrogen-bond acceptors (Lipinski definition) is 5. The van der Waals surface area contributed by atoms with Crippen LogP contribution in [0.1, 0.15) is 32.1 Å². The highest BCUT2D eigenvalue weighted by Gasteiger charge is 2.36. The molecule has 1 fully saturated rings.